The van der Waals surface area contributed by atoms with Gasteiger partial charge in [0.2, 0.25) is 0 Å². The lowest BCUT2D eigenvalue weighted by Gasteiger charge is -2.30. The zero-order valence-corrected chi connectivity index (χ0v) is 22.7. The average Bonchev–Trinajstić information content (AvgIpc) is 3.52. The van der Waals surface area contributed by atoms with Crippen molar-refractivity contribution in [2.75, 3.05) is 0 Å². The van der Waals surface area contributed by atoms with E-state index in [1.54, 1.807) is 0 Å². The molecule has 0 heteroatoms. The van der Waals surface area contributed by atoms with E-state index in [9.17, 15) is 0 Å². The van der Waals surface area contributed by atoms with E-state index < -0.39 is 0 Å². The number of benzene rings is 6. The second-order valence-electron chi connectivity index (χ2n) is 10.9. The Bertz CT molecular complexity index is 1830. The molecule has 0 atom stereocenters. The monoisotopic (exact) mass is 520 g/mol. The largest absolute Gasteiger partial charge is 0.0725 e. The van der Waals surface area contributed by atoms with Gasteiger partial charge in [0.15, 0.2) is 0 Å². The molecule has 0 N–H and O–H groups in total. The van der Waals surface area contributed by atoms with Crippen LogP contribution in [0.5, 0.6) is 0 Å². The van der Waals surface area contributed by atoms with Crippen molar-refractivity contribution in [3.63, 3.8) is 0 Å². The topological polar surface area (TPSA) is 0 Å². The van der Waals surface area contributed by atoms with E-state index in [2.05, 4.69) is 170 Å². The van der Waals surface area contributed by atoms with Crippen LogP contribution in [-0.2, 0) is 5.41 Å². The van der Waals surface area contributed by atoms with Crippen LogP contribution in [-0.4, -0.2) is 0 Å². The Balaban J connectivity index is 1.40. The molecule has 2 aliphatic rings. The van der Waals surface area contributed by atoms with Gasteiger partial charge in [-0.3, -0.25) is 0 Å². The van der Waals surface area contributed by atoms with Gasteiger partial charge in [-0.15, -0.1) is 0 Å². The summed E-state index contributed by atoms with van der Waals surface area (Å²) in [7, 11) is 0. The lowest BCUT2D eigenvalue weighted by atomic mass is 9.70. The van der Waals surface area contributed by atoms with Gasteiger partial charge < -0.3 is 0 Å². The maximum atomic E-state index is 2.35. The number of hydrogen-bond donors (Lipinski definition) is 0. The van der Waals surface area contributed by atoms with Gasteiger partial charge in [-0.25, -0.2) is 0 Å². The Hall–Kier alpha value is -5.20. The van der Waals surface area contributed by atoms with Crippen molar-refractivity contribution in [3.8, 4) is 22.3 Å². The highest BCUT2D eigenvalue weighted by Crippen LogP contribution is 2.63. The summed E-state index contributed by atoms with van der Waals surface area (Å²) in [6, 6.07) is 52.9. The molecule has 41 heavy (non-hydrogen) atoms. The highest BCUT2D eigenvalue weighted by molar-refractivity contribution is 6.00. The van der Waals surface area contributed by atoms with E-state index in [1.165, 1.54) is 66.8 Å². The van der Waals surface area contributed by atoms with Crippen molar-refractivity contribution in [3.05, 3.63) is 190 Å². The zero-order valence-electron chi connectivity index (χ0n) is 22.7. The highest BCUT2D eigenvalue weighted by atomic mass is 14.5. The molecule has 0 radical (unpaired) electrons. The van der Waals surface area contributed by atoms with Crippen molar-refractivity contribution in [2.45, 2.75) is 5.41 Å². The highest BCUT2D eigenvalue weighted by Gasteiger charge is 2.52. The first-order valence-electron chi connectivity index (χ1n) is 14.3. The van der Waals surface area contributed by atoms with Crippen LogP contribution in [0.25, 0.3) is 46.6 Å². The molecule has 192 valence electrons. The minimum atomic E-state index is -0.356. The van der Waals surface area contributed by atoms with Crippen molar-refractivity contribution in [2.24, 2.45) is 0 Å². The zero-order chi connectivity index (χ0) is 27.2. The summed E-state index contributed by atoms with van der Waals surface area (Å²) in [5.41, 5.74) is 15.3. The molecule has 0 unspecified atom stereocenters. The lowest BCUT2D eigenvalue weighted by molar-refractivity contribution is 0.793. The van der Waals surface area contributed by atoms with E-state index in [0.717, 1.165) is 0 Å². The van der Waals surface area contributed by atoms with Crippen molar-refractivity contribution < 1.29 is 0 Å². The van der Waals surface area contributed by atoms with Gasteiger partial charge in [-0.2, -0.15) is 0 Å². The quantitative estimate of drug-likeness (QED) is 0.203. The molecule has 0 heterocycles. The van der Waals surface area contributed by atoms with Gasteiger partial charge in [-0.1, -0.05) is 170 Å². The SMILES string of the molecule is C(=C\c1cccc2c1-c1ccccc1C21c2ccccc2-c2c(/C=C/c3ccccc3)cccc21)/c1ccccc1. The Morgan fingerprint density at radius 1 is 0.317 bits per heavy atom. The summed E-state index contributed by atoms with van der Waals surface area (Å²) in [5.74, 6) is 0. The fourth-order valence-electron chi connectivity index (χ4n) is 7.07. The van der Waals surface area contributed by atoms with Crippen LogP contribution >= 0.6 is 0 Å². The average molecular weight is 521 g/mol. The third-order valence-corrected chi connectivity index (χ3v) is 8.71. The molecular formula is C41H28. The van der Waals surface area contributed by atoms with E-state index in [-0.39, 0.29) is 5.41 Å². The fraction of sp³-hybridized carbons (Fsp3) is 0.0244. The number of hydrogen-bond acceptors (Lipinski definition) is 0. The maximum absolute atomic E-state index is 2.35. The first-order chi connectivity index (χ1) is 20.4. The smallest absolute Gasteiger partial charge is 0.0622 e. The van der Waals surface area contributed by atoms with Crippen LogP contribution < -0.4 is 0 Å². The molecule has 8 rings (SSSR count). The molecule has 0 amide bonds. The maximum Gasteiger partial charge on any atom is 0.0725 e. The predicted molar refractivity (Wildman–Crippen MR) is 173 cm³/mol. The summed E-state index contributed by atoms with van der Waals surface area (Å²) in [5, 5.41) is 0. The summed E-state index contributed by atoms with van der Waals surface area (Å²) in [6.45, 7) is 0. The van der Waals surface area contributed by atoms with Gasteiger partial charge >= 0.3 is 0 Å². The van der Waals surface area contributed by atoms with Crippen LogP contribution in [0, 0.1) is 0 Å². The lowest BCUT2D eigenvalue weighted by Crippen LogP contribution is -2.25. The fourth-order valence-corrected chi connectivity index (χ4v) is 7.07. The van der Waals surface area contributed by atoms with E-state index >= 15 is 0 Å². The van der Waals surface area contributed by atoms with E-state index in [1.807, 2.05) is 0 Å². The second kappa shape index (κ2) is 9.47. The molecular weight excluding hydrogens is 492 g/mol. The minimum Gasteiger partial charge on any atom is -0.0622 e. The molecule has 0 aromatic heterocycles. The number of rotatable bonds is 4. The third kappa shape index (κ3) is 3.54. The van der Waals surface area contributed by atoms with Gasteiger partial charge in [0.1, 0.15) is 0 Å². The van der Waals surface area contributed by atoms with E-state index in [4.69, 9.17) is 0 Å². The van der Waals surface area contributed by atoms with Gasteiger partial charge in [0.25, 0.3) is 0 Å². The summed E-state index contributed by atoms with van der Waals surface area (Å²) < 4.78 is 0. The molecule has 0 aliphatic heterocycles. The normalized spacial score (nSPS) is 13.9. The molecule has 0 saturated carbocycles. The Labute approximate surface area is 241 Å². The summed E-state index contributed by atoms with van der Waals surface area (Å²) in [4.78, 5) is 0. The Kier molecular flexibility index (Phi) is 5.47. The van der Waals surface area contributed by atoms with Crippen LogP contribution in [0.3, 0.4) is 0 Å². The van der Waals surface area contributed by atoms with Crippen LogP contribution in [0.15, 0.2) is 146 Å². The van der Waals surface area contributed by atoms with Crippen molar-refractivity contribution >= 4 is 24.3 Å². The van der Waals surface area contributed by atoms with Crippen LogP contribution in [0.2, 0.25) is 0 Å². The molecule has 1 spiro atoms. The second-order valence-corrected chi connectivity index (χ2v) is 10.9. The van der Waals surface area contributed by atoms with Crippen molar-refractivity contribution in [1.82, 2.24) is 0 Å². The van der Waals surface area contributed by atoms with Crippen LogP contribution in [0.1, 0.15) is 44.5 Å². The minimum absolute atomic E-state index is 0.356. The molecule has 0 saturated heterocycles. The van der Waals surface area contributed by atoms with Crippen molar-refractivity contribution in [1.29, 1.82) is 0 Å². The molecule has 0 nitrogen and oxygen atoms in total. The van der Waals surface area contributed by atoms with Crippen LogP contribution in [0.4, 0.5) is 0 Å². The van der Waals surface area contributed by atoms with Gasteiger partial charge in [0.05, 0.1) is 5.41 Å². The summed E-state index contributed by atoms with van der Waals surface area (Å²) >= 11 is 0. The molecule has 0 bridgehead atoms. The summed E-state index contributed by atoms with van der Waals surface area (Å²) in [6.07, 6.45) is 9.02. The molecule has 6 aromatic rings. The Morgan fingerprint density at radius 3 is 1.17 bits per heavy atom. The predicted octanol–water partition coefficient (Wildman–Crippen LogP) is 10.4. The Morgan fingerprint density at radius 2 is 0.707 bits per heavy atom. The number of fused-ring (bicyclic) bond motifs is 10. The first-order valence-corrected chi connectivity index (χ1v) is 14.3. The van der Waals surface area contributed by atoms with Gasteiger partial charge in [-0.05, 0) is 66.8 Å². The first kappa shape index (κ1) is 23.7. The standard InChI is InChI=1S/C41H28/c1-3-13-29(14-4-1)25-27-31-17-11-23-37-39(31)33-19-7-9-21-35(33)41(37)36-22-10-8-20-34(36)40-32(18-12-24-38(40)41)28-26-30-15-5-2-6-16-30/h1-28H/b27-25+,28-26+. The molecule has 6 aromatic carbocycles. The van der Waals surface area contributed by atoms with Gasteiger partial charge in [0, 0.05) is 0 Å². The van der Waals surface area contributed by atoms with E-state index in [0.29, 0.717) is 0 Å². The molecule has 0 fully saturated rings. The third-order valence-electron chi connectivity index (χ3n) is 8.71. The molecule has 2 aliphatic carbocycles.